The normalized spacial score (nSPS) is 17.0. The highest BCUT2D eigenvalue weighted by molar-refractivity contribution is 7.90. The molecule has 0 radical (unpaired) electrons. The number of benzene rings is 3. The number of hydrogen-bond donors (Lipinski definition) is 1. The average Bonchev–Trinajstić information content (AvgIpc) is 3.15. The Hall–Kier alpha value is -3.31. The molecule has 0 spiro atoms. The molecule has 1 unspecified atom stereocenters. The van der Waals surface area contributed by atoms with Gasteiger partial charge in [0.2, 0.25) is 10.0 Å². The Bertz CT molecular complexity index is 1540. The third-order valence-corrected chi connectivity index (χ3v) is 9.58. The van der Waals surface area contributed by atoms with Crippen molar-refractivity contribution in [2.45, 2.75) is 41.6 Å². The number of rotatable bonds is 9. The van der Waals surface area contributed by atoms with Crippen LogP contribution in [0, 0.1) is 0 Å². The summed E-state index contributed by atoms with van der Waals surface area (Å²) < 4.78 is 52.5. The quantitative estimate of drug-likeness (QED) is 0.382. The predicted molar refractivity (Wildman–Crippen MR) is 158 cm³/mol. The standard InChI is InChI=1S/C30H35N3O5S2/c1-32(30(34)20-13-24-11-16-28(17-12-24)39(2,35)36)27-14-18-29(19-15-27)40(37,38)31-26-10-6-7-21-33(23-26)22-25-8-4-3-5-9-25/h3-5,8-9,11-20,26,31H,6-7,10,21-23H2,1-2H3/b20-13+. The van der Waals surface area contributed by atoms with Crippen molar-refractivity contribution in [3.8, 4) is 0 Å². The minimum Gasteiger partial charge on any atom is -0.312 e. The second kappa shape index (κ2) is 12.9. The van der Waals surface area contributed by atoms with Crippen LogP contribution in [0.4, 0.5) is 5.69 Å². The van der Waals surface area contributed by atoms with Gasteiger partial charge in [-0.3, -0.25) is 9.69 Å². The molecular formula is C30H35N3O5S2. The number of anilines is 1. The summed E-state index contributed by atoms with van der Waals surface area (Å²) in [6.45, 7) is 2.36. The fourth-order valence-electron chi connectivity index (χ4n) is 4.67. The molecule has 0 saturated carbocycles. The third-order valence-electron chi connectivity index (χ3n) is 6.92. The first-order chi connectivity index (χ1) is 19.0. The molecule has 1 atom stereocenters. The lowest BCUT2D eigenvalue weighted by molar-refractivity contribution is -0.113. The van der Waals surface area contributed by atoms with Gasteiger partial charge in [0.25, 0.3) is 5.91 Å². The van der Waals surface area contributed by atoms with E-state index in [2.05, 4.69) is 21.8 Å². The maximum absolute atomic E-state index is 13.2. The van der Waals surface area contributed by atoms with E-state index in [-0.39, 0.29) is 21.7 Å². The van der Waals surface area contributed by atoms with Gasteiger partial charge in [-0.2, -0.15) is 0 Å². The van der Waals surface area contributed by atoms with Gasteiger partial charge in [0, 0.05) is 44.2 Å². The zero-order chi connectivity index (χ0) is 28.8. The van der Waals surface area contributed by atoms with Gasteiger partial charge in [0.1, 0.15) is 0 Å². The van der Waals surface area contributed by atoms with Crippen molar-refractivity contribution in [2.24, 2.45) is 0 Å². The fraction of sp³-hybridized carbons (Fsp3) is 0.300. The molecule has 10 heteroatoms. The summed E-state index contributed by atoms with van der Waals surface area (Å²) in [7, 11) is -5.41. The maximum atomic E-state index is 13.2. The number of carbonyl (C=O) groups excluding carboxylic acids is 1. The van der Waals surface area contributed by atoms with Crippen LogP contribution in [0.25, 0.3) is 6.08 Å². The Balaban J connectivity index is 1.37. The van der Waals surface area contributed by atoms with Crippen LogP contribution < -0.4 is 9.62 Å². The summed E-state index contributed by atoms with van der Waals surface area (Å²) >= 11 is 0. The lowest BCUT2D eigenvalue weighted by atomic mass is 10.1. The van der Waals surface area contributed by atoms with Crippen LogP contribution in [-0.4, -0.2) is 60.1 Å². The van der Waals surface area contributed by atoms with Crippen LogP contribution in [0.1, 0.15) is 30.4 Å². The highest BCUT2D eigenvalue weighted by atomic mass is 32.2. The molecule has 0 aliphatic carbocycles. The van der Waals surface area contributed by atoms with Crippen molar-refractivity contribution in [3.05, 3.63) is 96.1 Å². The number of carbonyl (C=O) groups is 1. The molecule has 4 rings (SSSR count). The number of nitrogens with one attached hydrogen (secondary N) is 1. The number of likely N-dealkylation sites (N-methyl/N-ethyl adjacent to an activating group) is 1. The van der Waals surface area contributed by atoms with Gasteiger partial charge in [-0.1, -0.05) is 48.9 Å². The van der Waals surface area contributed by atoms with E-state index < -0.39 is 19.9 Å². The number of sulfonamides is 1. The Labute approximate surface area is 237 Å². The number of amides is 1. The largest absolute Gasteiger partial charge is 0.312 e. The van der Waals surface area contributed by atoms with Crippen molar-refractivity contribution in [1.82, 2.24) is 9.62 Å². The second-order valence-electron chi connectivity index (χ2n) is 10.1. The molecule has 0 bridgehead atoms. The molecule has 0 aromatic heterocycles. The molecule has 1 fully saturated rings. The average molecular weight is 582 g/mol. The molecule has 3 aromatic carbocycles. The summed E-state index contributed by atoms with van der Waals surface area (Å²) in [5.41, 5.74) is 2.44. The molecule has 1 N–H and O–H groups in total. The molecule has 1 aliphatic rings. The first-order valence-electron chi connectivity index (χ1n) is 13.2. The fourth-order valence-corrected chi connectivity index (χ4v) is 6.56. The lowest BCUT2D eigenvalue weighted by Crippen LogP contribution is -2.42. The summed E-state index contributed by atoms with van der Waals surface area (Å²) in [6, 6.07) is 22.5. The van der Waals surface area contributed by atoms with Gasteiger partial charge in [0.05, 0.1) is 9.79 Å². The topological polar surface area (TPSA) is 104 Å². The van der Waals surface area contributed by atoms with Crippen LogP contribution >= 0.6 is 0 Å². The van der Waals surface area contributed by atoms with E-state index in [1.165, 1.54) is 40.8 Å². The molecule has 1 aliphatic heterocycles. The molecule has 1 heterocycles. The highest BCUT2D eigenvalue weighted by Gasteiger charge is 2.24. The maximum Gasteiger partial charge on any atom is 0.250 e. The zero-order valence-corrected chi connectivity index (χ0v) is 24.4. The predicted octanol–water partition coefficient (Wildman–Crippen LogP) is 4.10. The van der Waals surface area contributed by atoms with E-state index in [0.29, 0.717) is 17.8 Å². The SMILES string of the molecule is CN(C(=O)/C=C/c1ccc(S(C)(=O)=O)cc1)c1ccc(S(=O)(=O)NC2CCCCN(Cc3ccccc3)C2)cc1. The van der Waals surface area contributed by atoms with Crippen LogP contribution in [0.3, 0.4) is 0 Å². The van der Waals surface area contributed by atoms with E-state index in [0.717, 1.165) is 38.6 Å². The Morgan fingerprint density at radius 1 is 0.925 bits per heavy atom. The van der Waals surface area contributed by atoms with Gasteiger partial charge in [-0.25, -0.2) is 21.6 Å². The summed E-state index contributed by atoms with van der Waals surface area (Å²) in [4.78, 5) is 16.8. The van der Waals surface area contributed by atoms with Crippen molar-refractivity contribution < 1.29 is 21.6 Å². The van der Waals surface area contributed by atoms with Crippen molar-refractivity contribution >= 4 is 37.5 Å². The van der Waals surface area contributed by atoms with Crippen LogP contribution in [0.5, 0.6) is 0 Å². The smallest absolute Gasteiger partial charge is 0.250 e. The Kier molecular flexibility index (Phi) is 9.57. The van der Waals surface area contributed by atoms with E-state index in [1.807, 2.05) is 18.2 Å². The molecule has 1 amide bonds. The van der Waals surface area contributed by atoms with E-state index in [9.17, 15) is 21.6 Å². The van der Waals surface area contributed by atoms with E-state index in [1.54, 1.807) is 37.4 Å². The first-order valence-corrected chi connectivity index (χ1v) is 16.5. The minimum absolute atomic E-state index is 0.150. The van der Waals surface area contributed by atoms with Crippen molar-refractivity contribution in [1.29, 1.82) is 0 Å². The summed E-state index contributed by atoms with van der Waals surface area (Å²) in [5.74, 6) is -0.308. The van der Waals surface area contributed by atoms with E-state index in [4.69, 9.17) is 0 Å². The molecule has 1 saturated heterocycles. The van der Waals surface area contributed by atoms with E-state index >= 15 is 0 Å². The molecular weight excluding hydrogens is 546 g/mol. The number of sulfone groups is 1. The molecule has 3 aromatic rings. The molecule has 212 valence electrons. The van der Waals surface area contributed by atoms with Crippen molar-refractivity contribution in [3.63, 3.8) is 0 Å². The van der Waals surface area contributed by atoms with Crippen molar-refractivity contribution in [2.75, 3.05) is 31.3 Å². The number of likely N-dealkylation sites (tertiary alicyclic amines) is 1. The molecule has 40 heavy (non-hydrogen) atoms. The third kappa shape index (κ3) is 8.11. The Morgan fingerprint density at radius 2 is 1.57 bits per heavy atom. The van der Waals surface area contributed by atoms with Gasteiger partial charge < -0.3 is 4.90 Å². The van der Waals surface area contributed by atoms with Crippen LogP contribution in [0.15, 0.2) is 94.7 Å². The first kappa shape index (κ1) is 29.7. The van der Waals surface area contributed by atoms with Crippen LogP contribution in [0.2, 0.25) is 0 Å². The summed E-state index contributed by atoms with van der Waals surface area (Å²) in [6.07, 6.45) is 6.89. The summed E-state index contributed by atoms with van der Waals surface area (Å²) in [5, 5.41) is 0. The van der Waals surface area contributed by atoms with Gasteiger partial charge in [0.15, 0.2) is 9.84 Å². The lowest BCUT2D eigenvalue weighted by Gasteiger charge is -2.25. The number of nitrogens with zero attached hydrogens (tertiary/aromatic N) is 2. The highest BCUT2D eigenvalue weighted by Crippen LogP contribution is 2.20. The van der Waals surface area contributed by atoms with Gasteiger partial charge in [-0.15, -0.1) is 0 Å². The van der Waals surface area contributed by atoms with Gasteiger partial charge in [-0.05, 0) is 73.0 Å². The van der Waals surface area contributed by atoms with Crippen LogP contribution in [-0.2, 0) is 31.2 Å². The number of hydrogen-bond acceptors (Lipinski definition) is 6. The monoisotopic (exact) mass is 581 g/mol. The molecule has 8 nitrogen and oxygen atoms in total. The minimum atomic E-state index is -3.73. The Morgan fingerprint density at radius 3 is 2.23 bits per heavy atom. The zero-order valence-electron chi connectivity index (χ0n) is 22.7. The second-order valence-corrected chi connectivity index (χ2v) is 13.8. The van der Waals surface area contributed by atoms with Gasteiger partial charge >= 0.3 is 0 Å².